The van der Waals surface area contributed by atoms with Crippen molar-refractivity contribution in [2.24, 2.45) is 10.9 Å². The first-order valence-corrected chi connectivity index (χ1v) is 8.24. The highest BCUT2D eigenvalue weighted by atomic mass is 32.2. The molecule has 3 aliphatic heterocycles. The van der Waals surface area contributed by atoms with Crippen LogP contribution in [0.1, 0.15) is 25.0 Å². The maximum Gasteiger partial charge on any atom is 0.250 e. The molecule has 0 spiro atoms. The molecule has 0 aromatic carbocycles. The number of piperidine rings is 1. The quantitative estimate of drug-likeness (QED) is 0.730. The third-order valence-corrected chi connectivity index (χ3v) is 5.69. The number of amidine groups is 1. The van der Waals surface area contributed by atoms with Gasteiger partial charge in [-0.05, 0) is 18.4 Å². The van der Waals surface area contributed by atoms with Crippen LogP contribution in [0.25, 0.3) is 0 Å². The van der Waals surface area contributed by atoms with Crippen molar-refractivity contribution < 1.29 is 0 Å². The number of likely N-dealkylation sites (tertiary alicyclic amines) is 1. The van der Waals surface area contributed by atoms with Gasteiger partial charge in [-0.3, -0.25) is 9.79 Å². The predicted octanol–water partition coefficient (Wildman–Crippen LogP) is 1.76. The van der Waals surface area contributed by atoms with Gasteiger partial charge in [-0.2, -0.15) is 0 Å². The van der Waals surface area contributed by atoms with Gasteiger partial charge in [-0.15, -0.1) is 0 Å². The van der Waals surface area contributed by atoms with Gasteiger partial charge in [0, 0.05) is 42.6 Å². The molecular weight excluding hydrogens is 270 g/mol. The van der Waals surface area contributed by atoms with E-state index in [-0.39, 0.29) is 5.56 Å². The molecule has 4 heterocycles. The largest absolute Gasteiger partial charge is 0.350 e. The third-order valence-electron chi connectivity index (χ3n) is 4.54. The van der Waals surface area contributed by atoms with Crippen LogP contribution in [0.2, 0.25) is 0 Å². The summed E-state index contributed by atoms with van der Waals surface area (Å²) in [6.07, 6.45) is 1.22. The molecule has 0 N–H and O–H groups in total. The van der Waals surface area contributed by atoms with Gasteiger partial charge in [0.2, 0.25) is 0 Å². The molecule has 4 rings (SSSR count). The summed E-state index contributed by atoms with van der Waals surface area (Å²) in [6, 6.07) is 5.70. The first-order valence-electron chi connectivity index (χ1n) is 7.36. The summed E-state index contributed by atoms with van der Waals surface area (Å²) < 4.78 is 1.99. The highest BCUT2D eigenvalue weighted by Crippen LogP contribution is 2.37. The molecule has 1 aromatic rings. The number of nitrogens with zero attached hydrogens (tertiary/aromatic N) is 3. The Hall–Kier alpha value is -1.23. The molecular formula is C15H19N3OS. The van der Waals surface area contributed by atoms with Crippen LogP contribution in [0, 0.1) is 5.92 Å². The number of rotatable bonds is 0. The summed E-state index contributed by atoms with van der Waals surface area (Å²) in [7, 11) is 0. The standard InChI is InChI=1S/C15H19N3OS/c1-10-6-16-15(20-10)17-7-11-5-12(9-17)13-3-2-4-14(19)18(13)8-11/h2-4,10-12H,5-9H2,1H3/t10-,11+,12-/m0/s1. The minimum absolute atomic E-state index is 0.159. The van der Waals surface area contributed by atoms with Crippen molar-refractivity contribution in [2.75, 3.05) is 19.6 Å². The lowest BCUT2D eigenvalue weighted by Crippen LogP contribution is -2.48. The molecule has 0 saturated carbocycles. The van der Waals surface area contributed by atoms with E-state index in [4.69, 9.17) is 0 Å². The van der Waals surface area contributed by atoms with E-state index < -0.39 is 0 Å². The molecule has 20 heavy (non-hydrogen) atoms. The van der Waals surface area contributed by atoms with Crippen molar-refractivity contribution in [3.8, 4) is 0 Å². The monoisotopic (exact) mass is 289 g/mol. The van der Waals surface area contributed by atoms with Crippen molar-refractivity contribution >= 4 is 16.9 Å². The van der Waals surface area contributed by atoms with Crippen LogP contribution < -0.4 is 5.56 Å². The zero-order valence-electron chi connectivity index (χ0n) is 11.7. The number of hydrogen-bond acceptors (Lipinski definition) is 4. The van der Waals surface area contributed by atoms with E-state index in [9.17, 15) is 4.79 Å². The van der Waals surface area contributed by atoms with Crippen molar-refractivity contribution in [1.82, 2.24) is 9.47 Å². The SMILES string of the molecule is C[C@H]1CN=C(N2C[C@H]3C[C@@H](C2)c2cccc(=O)n2C3)S1. The Balaban J connectivity index is 1.64. The van der Waals surface area contributed by atoms with E-state index in [1.54, 1.807) is 6.07 Å². The molecule has 1 saturated heterocycles. The third kappa shape index (κ3) is 1.99. The van der Waals surface area contributed by atoms with E-state index in [0.717, 1.165) is 26.2 Å². The molecule has 0 radical (unpaired) electrons. The Morgan fingerprint density at radius 1 is 1.30 bits per heavy atom. The Kier molecular flexibility index (Phi) is 2.91. The van der Waals surface area contributed by atoms with Crippen molar-refractivity contribution in [3.63, 3.8) is 0 Å². The molecule has 1 fully saturated rings. The zero-order chi connectivity index (χ0) is 13.7. The summed E-state index contributed by atoms with van der Waals surface area (Å²) in [5.41, 5.74) is 1.38. The number of pyridine rings is 1. The predicted molar refractivity (Wildman–Crippen MR) is 82.5 cm³/mol. The normalized spacial score (nSPS) is 31.9. The van der Waals surface area contributed by atoms with Crippen LogP contribution in [0.4, 0.5) is 0 Å². The smallest absolute Gasteiger partial charge is 0.250 e. The van der Waals surface area contributed by atoms with E-state index in [2.05, 4.69) is 22.9 Å². The van der Waals surface area contributed by atoms with Crippen LogP contribution in [0.5, 0.6) is 0 Å². The molecule has 3 atom stereocenters. The molecule has 0 amide bonds. The fraction of sp³-hybridized carbons (Fsp3) is 0.600. The number of aliphatic imine (C=N–C) groups is 1. The van der Waals surface area contributed by atoms with Crippen LogP contribution in [0.15, 0.2) is 28.0 Å². The Morgan fingerprint density at radius 3 is 3.00 bits per heavy atom. The summed E-state index contributed by atoms with van der Waals surface area (Å²) >= 11 is 1.90. The molecule has 4 nitrogen and oxygen atoms in total. The molecule has 106 valence electrons. The van der Waals surface area contributed by atoms with E-state index in [1.807, 2.05) is 22.4 Å². The van der Waals surface area contributed by atoms with Crippen LogP contribution >= 0.6 is 11.8 Å². The highest BCUT2D eigenvalue weighted by Gasteiger charge is 2.36. The van der Waals surface area contributed by atoms with Crippen LogP contribution in [-0.4, -0.2) is 39.5 Å². The topological polar surface area (TPSA) is 37.6 Å². The van der Waals surface area contributed by atoms with Gasteiger partial charge in [0.05, 0.1) is 6.54 Å². The van der Waals surface area contributed by atoms with Crippen molar-refractivity contribution in [3.05, 3.63) is 34.2 Å². The number of hydrogen-bond donors (Lipinski definition) is 0. The van der Waals surface area contributed by atoms with Gasteiger partial charge < -0.3 is 9.47 Å². The van der Waals surface area contributed by atoms with Gasteiger partial charge in [0.1, 0.15) is 0 Å². The second kappa shape index (κ2) is 4.65. The fourth-order valence-corrected chi connectivity index (χ4v) is 4.64. The summed E-state index contributed by atoms with van der Waals surface area (Å²) in [5, 5.41) is 1.83. The van der Waals surface area contributed by atoms with Gasteiger partial charge in [-0.1, -0.05) is 24.8 Å². The van der Waals surface area contributed by atoms with Crippen LogP contribution in [-0.2, 0) is 6.54 Å². The highest BCUT2D eigenvalue weighted by molar-refractivity contribution is 8.14. The molecule has 0 unspecified atom stereocenters. The molecule has 1 aromatic heterocycles. The number of thioether (sulfide) groups is 1. The minimum atomic E-state index is 0.159. The van der Waals surface area contributed by atoms with Gasteiger partial charge in [0.25, 0.3) is 5.56 Å². The second-order valence-electron chi connectivity index (χ2n) is 6.15. The fourth-order valence-electron chi connectivity index (χ4n) is 3.69. The average Bonchev–Trinajstić information content (AvgIpc) is 2.87. The lowest BCUT2D eigenvalue weighted by molar-refractivity contribution is 0.181. The molecule has 2 bridgehead atoms. The first-order chi connectivity index (χ1) is 9.70. The number of aromatic nitrogens is 1. The lowest BCUT2D eigenvalue weighted by atomic mass is 9.83. The maximum atomic E-state index is 12.0. The molecule has 0 aliphatic carbocycles. The first kappa shape index (κ1) is 12.5. The van der Waals surface area contributed by atoms with Gasteiger partial charge >= 0.3 is 0 Å². The van der Waals surface area contributed by atoms with Gasteiger partial charge in [-0.25, -0.2) is 0 Å². The van der Waals surface area contributed by atoms with E-state index in [0.29, 0.717) is 17.1 Å². The average molecular weight is 289 g/mol. The van der Waals surface area contributed by atoms with E-state index in [1.165, 1.54) is 17.3 Å². The molecule has 5 heteroatoms. The zero-order valence-corrected chi connectivity index (χ0v) is 12.5. The maximum absolute atomic E-state index is 12.0. The molecule has 3 aliphatic rings. The number of fused-ring (bicyclic) bond motifs is 4. The van der Waals surface area contributed by atoms with Crippen molar-refractivity contribution in [1.29, 1.82) is 0 Å². The second-order valence-corrected chi connectivity index (χ2v) is 7.56. The summed E-state index contributed by atoms with van der Waals surface area (Å²) in [6.45, 7) is 6.12. The minimum Gasteiger partial charge on any atom is -0.350 e. The Bertz CT molecular complexity index is 624. The summed E-state index contributed by atoms with van der Waals surface area (Å²) in [4.78, 5) is 19.1. The van der Waals surface area contributed by atoms with Gasteiger partial charge in [0.15, 0.2) is 5.17 Å². The van der Waals surface area contributed by atoms with Crippen LogP contribution in [0.3, 0.4) is 0 Å². The lowest BCUT2D eigenvalue weighted by Gasteiger charge is -2.43. The Labute approximate surface area is 122 Å². The summed E-state index contributed by atoms with van der Waals surface area (Å²) in [5.74, 6) is 1.07. The van der Waals surface area contributed by atoms with Crippen molar-refractivity contribution in [2.45, 2.75) is 31.1 Å². The Morgan fingerprint density at radius 2 is 2.20 bits per heavy atom. The van der Waals surface area contributed by atoms with E-state index >= 15 is 0 Å².